The van der Waals surface area contributed by atoms with Crippen molar-refractivity contribution >= 4 is 12.0 Å². The molecule has 2 amide bonds. The normalized spacial score (nSPS) is 19.0. The number of aromatic nitrogens is 1. The zero-order chi connectivity index (χ0) is 19.9. The number of urea groups is 1. The van der Waals surface area contributed by atoms with Crippen molar-refractivity contribution in [3.63, 3.8) is 0 Å². The van der Waals surface area contributed by atoms with Crippen molar-refractivity contribution in [2.24, 2.45) is 5.92 Å². The molecule has 0 saturated heterocycles. The summed E-state index contributed by atoms with van der Waals surface area (Å²) in [6, 6.07) is 12.1. The van der Waals surface area contributed by atoms with Gasteiger partial charge in [-0.25, -0.2) is 4.79 Å². The molecule has 1 aromatic heterocycles. The summed E-state index contributed by atoms with van der Waals surface area (Å²) in [5, 5.41) is 12.2. The Kier molecular flexibility index (Phi) is 6.63. The fraction of sp³-hybridized carbons (Fsp3) is 0.409. The minimum absolute atomic E-state index is 0.0558. The molecule has 0 radical (unpaired) electrons. The van der Waals surface area contributed by atoms with Gasteiger partial charge in [0.05, 0.1) is 5.92 Å². The summed E-state index contributed by atoms with van der Waals surface area (Å²) in [6.07, 6.45) is 6.23. The summed E-state index contributed by atoms with van der Waals surface area (Å²) >= 11 is 0. The van der Waals surface area contributed by atoms with Gasteiger partial charge in [-0.15, -0.1) is 0 Å². The van der Waals surface area contributed by atoms with Crippen molar-refractivity contribution in [1.29, 1.82) is 0 Å². The van der Waals surface area contributed by atoms with Gasteiger partial charge in [0.1, 0.15) is 0 Å². The highest BCUT2D eigenvalue weighted by atomic mass is 16.4. The molecule has 1 aromatic carbocycles. The van der Waals surface area contributed by atoms with Gasteiger partial charge >= 0.3 is 12.0 Å². The molecule has 1 aliphatic carbocycles. The molecule has 0 aliphatic heterocycles. The second-order valence-electron chi connectivity index (χ2n) is 7.29. The first-order valence-electron chi connectivity index (χ1n) is 9.84. The van der Waals surface area contributed by atoms with Gasteiger partial charge in [0.25, 0.3) is 0 Å². The van der Waals surface area contributed by atoms with Crippen molar-refractivity contribution in [2.45, 2.75) is 45.2 Å². The van der Waals surface area contributed by atoms with Crippen molar-refractivity contribution < 1.29 is 14.7 Å². The third-order valence-corrected chi connectivity index (χ3v) is 5.39. The molecule has 148 valence electrons. The second-order valence-corrected chi connectivity index (χ2v) is 7.29. The van der Waals surface area contributed by atoms with Gasteiger partial charge in [-0.2, -0.15) is 0 Å². The molecule has 6 nitrogen and oxygen atoms in total. The molecule has 28 heavy (non-hydrogen) atoms. The van der Waals surface area contributed by atoms with Crippen LogP contribution in [0.4, 0.5) is 4.79 Å². The Labute approximate surface area is 165 Å². The number of carbonyl (C=O) groups excluding carboxylic acids is 1. The molecule has 1 fully saturated rings. The minimum Gasteiger partial charge on any atom is -0.481 e. The monoisotopic (exact) mass is 381 g/mol. The van der Waals surface area contributed by atoms with E-state index in [2.05, 4.69) is 22.4 Å². The molecule has 1 saturated carbocycles. The van der Waals surface area contributed by atoms with Crippen molar-refractivity contribution in [3.8, 4) is 11.1 Å². The van der Waals surface area contributed by atoms with E-state index in [1.54, 1.807) is 17.3 Å². The number of carbonyl (C=O) groups is 2. The number of carboxylic acids is 1. The van der Waals surface area contributed by atoms with E-state index in [1.165, 1.54) is 0 Å². The lowest BCUT2D eigenvalue weighted by Crippen LogP contribution is -2.46. The zero-order valence-electron chi connectivity index (χ0n) is 16.2. The SMILES string of the molecule is CCN(Cc1cccc(-c2ccncc2)c1)C(=O)NC1CCC(C(=O)O)CC1. The summed E-state index contributed by atoms with van der Waals surface area (Å²) < 4.78 is 0. The number of nitrogens with one attached hydrogen (secondary N) is 1. The first-order chi connectivity index (χ1) is 13.6. The number of pyridine rings is 1. The lowest BCUT2D eigenvalue weighted by atomic mass is 9.86. The fourth-order valence-corrected chi connectivity index (χ4v) is 3.69. The van der Waals surface area contributed by atoms with Gasteiger partial charge < -0.3 is 15.3 Å². The van der Waals surface area contributed by atoms with Crippen LogP contribution in [-0.4, -0.2) is 39.6 Å². The number of aliphatic carboxylic acids is 1. The predicted molar refractivity (Wildman–Crippen MR) is 108 cm³/mol. The molecular weight excluding hydrogens is 354 g/mol. The van der Waals surface area contributed by atoms with Gasteiger partial charge in [0, 0.05) is 31.5 Å². The molecule has 6 heteroatoms. The van der Waals surface area contributed by atoms with E-state index in [0.29, 0.717) is 25.9 Å². The van der Waals surface area contributed by atoms with Gasteiger partial charge in [0.15, 0.2) is 0 Å². The van der Waals surface area contributed by atoms with E-state index in [9.17, 15) is 9.59 Å². The van der Waals surface area contributed by atoms with Gasteiger partial charge in [0.2, 0.25) is 0 Å². The molecule has 2 N–H and O–H groups in total. The molecule has 1 aliphatic rings. The van der Waals surface area contributed by atoms with Gasteiger partial charge in [-0.1, -0.05) is 18.2 Å². The molecular formula is C22H27N3O3. The van der Waals surface area contributed by atoms with Crippen molar-refractivity contribution in [3.05, 3.63) is 54.4 Å². The fourth-order valence-electron chi connectivity index (χ4n) is 3.69. The predicted octanol–water partition coefficient (Wildman–Crippen LogP) is 3.92. The van der Waals surface area contributed by atoms with Crippen molar-refractivity contribution in [1.82, 2.24) is 15.2 Å². The van der Waals surface area contributed by atoms with Crippen LogP contribution in [0.3, 0.4) is 0 Å². The highest BCUT2D eigenvalue weighted by Gasteiger charge is 2.27. The average molecular weight is 381 g/mol. The number of carboxylic acid groups (broad SMARTS) is 1. The number of hydrogen-bond donors (Lipinski definition) is 2. The number of hydrogen-bond acceptors (Lipinski definition) is 3. The Bertz CT molecular complexity index is 802. The third-order valence-electron chi connectivity index (χ3n) is 5.39. The molecule has 3 rings (SSSR count). The Hall–Kier alpha value is -2.89. The maximum atomic E-state index is 12.7. The first-order valence-corrected chi connectivity index (χ1v) is 9.84. The van der Waals surface area contributed by atoms with Gasteiger partial charge in [-0.3, -0.25) is 9.78 Å². The average Bonchev–Trinajstić information content (AvgIpc) is 2.73. The third kappa shape index (κ3) is 5.09. The summed E-state index contributed by atoms with van der Waals surface area (Å²) in [4.78, 5) is 29.6. The summed E-state index contributed by atoms with van der Waals surface area (Å²) in [5.41, 5.74) is 3.27. The van der Waals surface area contributed by atoms with E-state index >= 15 is 0 Å². The number of nitrogens with zero attached hydrogens (tertiary/aromatic N) is 2. The van der Waals surface area contributed by atoms with Crippen LogP contribution >= 0.6 is 0 Å². The van der Waals surface area contributed by atoms with Crippen LogP contribution in [0.1, 0.15) is 38.2 Å². The molecule has 0 bridgehead atoms. The van der Waals surface area contributed by atoms with Crippen LogP contribution in [0, 0.1) is 5.92 Å². The lowest BCUT2D eigenvalue weighted by molar-refractivity contribution is -0.142. The largest absolute Gasteiger partial charge is 0.481 e. The van der Waals surface area contributed by atoms with Crippen molar-refractivity contribution in [2.75, 3.05) is 6.54 Å². The zero-order valence-corrected chi connectivity index (χ0v) is 16.2. The van der Waals surface area contributed by atoms with E-state index in [0.717, 1.165) is 29.5 Å². The van der Waals surface area contributed by atoms with E-state index in [1.807, 2.05) is 31.2 Å². The first kappa shape index (κ1) is 19.9. The quantitative estimate of drug-likeness (QED) is 0.794. The Balaban J connectivity index is 1.60. The van der Waals surface area contributed by atoms with E-state index in [-0.39, 0.29) is 18.0 Å². The van der Waals surface area contributed by atoms with Crippen LogP contribution in [0.5, 0.6) is 0 Å². The van der Waals surface area contributed by atoms with Crippen LogP contribution in [0.25, 0.3) is 11.1 Å². The Morgan fingerprint density at radius 1 is 1.11 bits per heavy atom. The number of amides is 2. The van der Waals surface area contributed by atoms with Crippen LogP contribution in [-0.2, 0) is 11.3 Å². The summed E-state index contributed by atoms with van der Waals surface area (Å²) in [6.45, 7) is 3.11. The molecule has 1 heterocycles. The lowest BCUT2D eigenvalue weighted by Gasteiger charge is -2.30. The smallest absolute Gasteiger partial charge is 0.317 e. The Morgan fingerprint density at radius 2 is 1.82 bits per heavy atom. The van der Waals surface area contributed by atoms with E-state index in [4.69, 9.17) is 5.11 Å². The van der Waals surface area contributed by atoms with Gasteiger partial charge in [-0.05, 0) is 67.5 Å². The summed E-state index contributed by atoms with van der Waals surface area (Å²) in [5.74, 6) is -1.000. The minimum atomic E-state index is -0.728. The molecule has 0 unspecified atom stereocenters. The summed E-state index contributed by atoms with van der Waals surface area (Å²) in [7, 11) is 0. The molecule has 2 aromatic rings. The number of benzene rings is 1. The van der Waals surface area contributed by atoms with Crippen LogP contribution in [0.2, 0.25) is 0 Å². The van der Waals surface area contributed by atoms with E-state index < -0.39 is 5.97 Å². The maximum Gasteiger partial charge on any atom is 0.317 e. The molecule has 0 spiro atoms. The standard InChI is InChI=1S/C22H27N3O3/c1-2-25(22(28)24-20-8-6-18(7-9-20)21(26)27)15-16-4-3-5-19(14-16)17-10-12-23-13-11-17/h3-5,10-14,18,20H,2,6-9,15H2,1H3,(H,24,28)(H,26,27). The maximum absolute atomic E-state index is 12.7. The topological polar surface area (TPSA) is 82.5 Å². The highest BCUT2D eigenvalue weighted by Crippen LogP contribution is 2.25. The Morgan fingerprint density at radius 3 is 2.46 bits per heavy atom. The van der Waals surface area contributed by atoms with Crippen LogP contribution in [0.15, 0.2) is 48.8 Å². The van der Waals surface area contributed by atoms with Crippen LogP contribution < -0.4 is 5.32 Å². The second kappa shape index (κ2) is 9.35. The molecule has 0 atom stereocenters. The highest BCUT2D eigenvalue weighted by molar-refractivity contribution is 5.75. The number of rotatable bonds is 6.